The van der Waals surface area contributed by atoms with Crippen LogP contribution in [0.25, 0.3) is 0 Å². The maximum absolute atomic E-state index is 12.7. The number of benzene rings is 2. The molecule has 0 aromatic heterocycles. The van der Waals surface area contributed by atoms with Crippen molar-refractivity contribution in [1.82, 2.24) is 9.21 Å². The van der Waals surface area contributed by atoms with Crippen LogP contribution in [0.5, 0.6) is 11.5 Å². The maximum atomic E-state index is 12.7. The number of sulfonamides is 1. The summed E-state index contributed by atoms with van der Waals surface area (Å²) in [5.74, 6) is 1.27. The zero-order valence-electron chi connectivity index (χ0n) is 18.3. The van der Waals surface area contributed by atoms with Gasteiger partial charge in [-0.25, -0.2) is 12.7 Å². The molecule has 31 heavy (non-hydrogen) atoms. The number of amides is 1. The van der Waals surface area contributed by atoms with Crippen LogP contribution >= 0.6 is 0 Å². The highest BCUT2D eigenvalue weighted by molar-refractivity contribution is 7.89. The predicted molar refractivity (Wildman–Crippen MR) is 119 cm³/mol. The lowest BCUT2D eigenvalue weighted by molar-refractivity contribution is -0.117. The minimum absolute atomic E-state index is 0.135. The monoisotopic (exact) mass is 447 g/mol. The third-order valence-corrected chi connectivity index (χ3v) is 6.98. The average Bonchev–Trinajstić information content (AvgIpc) is 3.58. The molecule has 1 aliphatic carbocycles. The van der Waals surface area contributed by atoms with Gasteiger partial charge < -0.3 is 14.8 Å². The Bertz CT molecular complexity index is 1040. The summed E-state index contributed by atoms with van der Waals surface area (Å²) in [5, 5.41) is 2.82. The highest BCUT2D eigenvalue weighted by Gasteiger charge is 2.31. The van der Waals surface area contributed by atoms with Gasteiger partial charge in [-0.3, -0.25) is 9.69 Å². The summed E-state index contributed by atoms with van der Waals surface area (Å²) < 4.78 is 36.6. The van der Waals surface area contributed by atoms with Crippen molar-refractivity contribution >= 4 is 21.6 Å². The van der Waals surface area contributed by atoms with E-state index in [1.165, 1.54) is 26.2 Å². The Morgan fingerprint density at radius 2 is 1.84 bits per heavy atom. The van der Waals surface area contributed by atoms with Gasteiger partial charge in [0.1, 0.15) is 11.5 Å². The van der Waals surface area contributed by atoms with Crippen molar-refractivity contribution in [3.63, 3.8) is 0 Å². The molecule has 0 radical (unpaired) electrons. The van der Waals surface area contributed by atoms with Gasteiger partial charge in [0.25, 0.3) is 0 Å². The second-order valence-corrected chi connectivity index (χ2v) is 9.83. The molecular weight excluding hydrogens is 418 g/mol. The molecular formula is C22H29N3O5S. The van der Waals surface area contributed by atoms with Crippen molar-refractivity contribution in [3.8, 4) is 11.5 Å². The Kier molecular flexibility index (Phi) is 7.19. The summed E-state index contributed by atoms with van der Waals surface area (Å²) in [6, 6.07) is 12.2. The van der Waals surface area contributed by atoms with Gasteiger partial charge in [0.2, 0.25) is 15.9 Å². The van der Waals surface area contributed by atoms with Crippen LogP contribution in [-0.4, -0.2) is 64.4 Å². The summed E-state index contributed by atoms with van der Waals surface area (Å²) in [6.07, 6.45) is 2.08. The fraction of sp³-hybridized carbons (Fsp3) is 0.409. The number of nitrogens with one attached hydrogen (secondary N) is 1. The normalized spacial score (nSPS) is 14.0. The number of rotatable bonds is 10. The van der Waals surface area contributed by atoms with Gasteiger partial charge in [-0.2, -0.15) is 0 Å². The Labute approximate surface area is 183 Å². The van der Waals surface area contributed by atoms with Crippen LogP contribution in [0, 0.1) is 0 Å². The third kappa shape index (κ3) is 5.75. The molecule has 0 unspecified atom stereocenters. The number of nitrogens with zero attached hydrogens (tertiary/aromatic N) is 2. The summed E-state index contributed by atoms with van der Waals surface area (Å²) in [7, 11) is 2.61. The van der Waals surface area contributed by atoms with E-state index in [0.29, 0.717) is 18.3 Å². The van der Waals surface area contributed by atoms with E-state index in [1.54, 1.807) is 26.4 Å². The molecule has 1 fully saturated rings. The van der Waals surface area contributed by atoms with Gasteiger partial charge in [0.15, 0.2) is 0 Å². The Morgan fingerprint density at radius 1 is 1.10 bits per heavy atom. The number of carbonyl (C=O) groups excluding carboxylic acids is 1. The molecule has 2 aromatic carbocycles. The van der Waals surface area contributed by atoms with Crippen molar-refractivity contribution in [2.45, 2.75) is 30.3 Å². The first kappa shape index (κ1) is 23.1. The van der Waals surface area contributed by atoms with Crippen LogP contribution in [0.2, 0.25) is 0 Å². The van der Waals surface area contributed by atoms with Gasteiger partial charge in [-0.05, 0) is 49.2 Å². The topological polar surface area (TPSA) is 88.2 Å². The van der Waals surface area contributed by atoms with Gasteiger partial charge >= 0.3 is 0 Å². The summed E-state index contributed by atoms with van der Waals surface area (Å²) >= 11 is 0. The maximum Gasteiger partial charge on any atom is 0.242 e. The van der Waals surface area contributed by atoms with Gasteiger partial charge in [0.05, 0.1) is 25.7 Å². The van der Waals surface area contributed by atoms with Crippen LogP contribution in [0.3, 0.4) is 0 Å². The lowest BCUT2D eigenvalue weighted by Crippen LogP contribution is -2.34. The Hall–Kier alpha value is -2.62. The molecule has 1 aliphatic rings. The summed E-state index contributed by atoms with van der Waals surface area (Å²) in [4.78, 5) is 15.0. The van der Waals surface area contributed by atoms with E-state index in [0.717, 1.165) is 34.2 Å². The Morgan fingerprint density at radius 3 is 2.45 bits per heavy atom. The number of ether oxygens (including phenoxy) is 2. The van der Waals surface area contributed by atoms with Crippen molar-refractivity contribution in [3.05, 3.63) is 48.0 Å². The van der Waals surface area contributed by atoms with E-state index in [1.807, 2.05) is 18.2 Å². The molecule has 2 aromatic rings. The van der Waals surface area contributed by atoms with E-state index in [2.05, 4.69) is 10.2 Å². The zero-order chi connectivity index (χ0) is 22.6. The van der Waals surface area contributed by atoms with Crippen molar-refractivity contribution < 1.29 is 22.7 Å². The lowest BCUT2D eigenvalue weighted by Gasteiger charge is -2.23. The van der Waals surface area contributed by atoms with Crippen LogP contribution < -0.4 is 14.8 Å². The highest BCUT2D eigenvalue weighted by Crippen LogP contribution is 2.32. The molecule has 8 nitrogen and oxygen atoms in total. The minimum Gasteiger partial charge on any atom is -0.497 e. The summed E-state index contributed by atoms with van der Waals surface area (Å²) in [6.45, 7) is 0.739. The molecule has 1 saturated carbocycles. The van der Waals surface area contributed by atoms with Crippen LogP contribution in [0.1, 0.15) is 18.4 Å². The van der Waals surface area contributed by atoms with Gasteiger partial charge in [-0.15, -0.1) is 0 Å². The first-order valence-electron chi connectivity index (χ1n) is 10.0. The molecule has 0 saturated heterocycles. The minimum atomic E-state index is -3.57. The molecule has 0 spiro atoms. The Balaban J connectivity index is 1.72. The average molecular weight is 448 g/mol. The third-order valence-electron chi connectivity index (χ3n) is 5.17. The highest BCUT2D eigenvalue weighted by atomic mass is 32.2. The van der Waals surface area contributed by atoms with E-state index in [9.17, 15) is 13.2 Å². The van der Waals surface area contributed by atoms with Crippen LogP contribution in [-0.2, 0) is 21.4 Å². The predicted octanol–water partition coefficient (Wildman–Crippen LogP) is 2.56. The van der Waals surface area contributed by atoms with Crippen molar-refractivity contribution in [2.24, 2.45) is 0 Å². The molecule has 1 amide bonds. The van der Waals surface area contributed by atoms with Crippen molar-refractivity contribution in [1.29, 1.82) is 0 Å². The number of methoxy groups -OCH3 is 2. The lowest BCUT2D eigenvalue weighted by atomic mass is 10.1. The molecule has 0 aliphatic heterocycles. The smallest absolute Gasteiger partial charge is 0.242 e. The van der Waals surface area contributed by atoms with Crippen molar-refractivity contribution in [2.75, 3.05) is 40.2 Å². The number of hydrogen-bond donors (Lipinski definition) is 1. The fourth-order valence-corrected chi connectivity index (χ4v) is 4.26. The standard InChI is InChI=1S/C22H29N3O5S/c1-24(2)31(27,28)20-7-5-6-17(13-20)23-22(26)15-25(18-8-9-18)14-16-12-19(29-3)10-11-21(16)30-4/h5-7,10-13,18H,8-9,14-15H2,1-4H3,(H,23,26). The van der Waals surface area contributed by atoms with E-state index < -0.39 is 10.0 Å². The molecule has 0 heterocycles. The van der Waals surface area contributed by atoms with E-state index in [4.69, 9.17) is 9.47 Å². The second-order valence-electron chi connectivity index (χ2n) is 7.68. The van der Waals surface area contributed by atoms with Gasteiger partial charge in [-0.1, -0.05) is 6.07 Å². The second kappa shape index (κ2) is 9.67. The van der Waals surface area contributed by atoms with Crippen LogP contribution in [0.15, 0.2) is 47.4 Å². The zero-order valence-corrected chi connectivity index (χ0v) is 19.1. The quantitative estimate of drug-likeness (QED) is 0.602. The molecule has 9 heteroatoms. The molecule has 1 N–H and O–H groups in total. The van der Waals surface area contributed by atoms with E-state index >= 15 is 0 Å². The molecule has 0 bridgehead atoms. The van der Waals surface area contributed by atoms with E-state index in [-0.39, 0.29) is 17.3 Å². The number of carbonyl (C=O) groups is 1. The SMILES string of the molecule is COc1ccc(OC)c(CN(CC(=O)Nc2cccc(S(=O)(=O)N(C)C)c2)C2CC2)c1. The number of hydrogen-bond acceptors (Lipinski definition) is 6. The molecule has 3 rings (SSSR count). The van der Waals surface area contributed by atoms with Crippen LogP contribution in [0.4, 0.5) is 5.69 Å². The first-order valence-corrected chi connectivity index (χ1v) is 11.5. The molecule has 0 atom stereocenters. The molecule has 168 valence electrons. The van der Waals surface area contributed by atoms with Gasteiger partial charge in [0, 0.05) is 37.9 Å². The number of anilines is 1. The fourth-order valence-electron chi connectivity index (χ4n) is 3.31. The largest absolute Gasteiger partial charge is 0.497 e. The first-order chi connectivity index (χ1) is 14.7. The summed E-state index contributed by atoms with van der Waals surface area (Å²) in [5.41, 5.74) is 1.39.